The van der Waals surface area contributed by atoms with Crippen molar-refractivity contribution < 1.29 is 33.6 Å². The number of β-amino-alcohol motifs (C(OH)–C–C–N with tert-alkyl or cyclic N) is 1. The molecule has 0 unspecified atom stereocenters. The standard InChI is InChI=1S/C17H24F3N3O4/c18-17(19,20)11-2-1-4-21-16(11)22-5-3-10(6-22)7-23-8-13(25)15(27)14(26)12(23)9-24/h1-2,4,10,12-15,24-27H,3,5-9H2/t10-,12+,13+,14-,15-/m1/s1. The minimum absolute atomic E-state index is 0.0169. The second-order valence-corrected chi connectivity index (χ2v) is 7.23. The quantitative estimate of drug-likeness (QED) is 0.559. The third-order valence-electron chi connectivity index (χ3n) is 5.39. The van der Waals surface area contributed by atoms with Gasteiger partial charge < -0.3 is 25.3 Å². The van der Waals surface area contributed by atoms with Crippen molar-refractivity contribution in [2.75, 3.05) is 37.7 Å². The molecule has 1 aromatic heterocycles. The van der Waals surface area contributed by atoms with Crippen LogP contribution in [0.25, 0.3) is 0 Å². The number of alkyl halides is 3. The Balaban J connectivity index is 1.69. The predicted molar refractivity (Wildman–Crippen MR) is 90.0 cm³/mol. The lowest BCUT2D eigenvalue weighted by molar-refractivity contribution is -0.147. The summed E-state index contributed by atoms with van der Waals surface area (Å²) in [5.41, 5.74) is -0.772. The van der Waals surface area contributed by atoms with Crippen LogP contribution in [0.5, 0.6) is 0 Å². The fourth-order valence-electron chi connectivity index (χ4n) is 3.96. The molecule has 0 saturated carbocycles. The lowest BCUT2D eigenvalue weighted by atomic mass is 9.93. The summed E-state index contributed by atoms with van der Waals surface area (Å²) in [5.74, 6) is -0.114. The van der Waals surface area contributed by atoms with Crippen molar-refractivity contribution in [1.82, 2.24) is 9.88 Å². The van der Waals surface area contributed by atoms with Gasteiger partial charge in [-0.3, -0.25) is 4.90 Å². The number of nitrogens with zero attached hydrogens (tertiary/aromatic N) is 3. The maximum atomic E-state index is 13.2. The first-order chi connectivity index (χ1) is 12.7. The molecule has 2 aliphatic rings. The topological polar surface area (TPSA) is 100 Å². The van der Waals surface area contributed by atoms with E-state index in [2.05, 4.69) is 4.98 Å². The zero-order valence-corrected chi connectivity index (χ0v) is 14.6. The lowest BCUT2D eigenvalue weighted by Crippen LogP contribution is -2.63. The van der Waals surface area contributed by atoms with Gasteiger partial charge in [-0.05, 0) is 24.5 Å². The van der Waals surface area contributed by atoms with Crippen molar-refractivity contribution in [2.45, 2.75) is 37.0 Å². The number of aliphatic hydroxyl groups excluding tert-OH is 4. The Bertz CT molecular complexity index is 648. The largest absolute Gasteiger partial charge is 0.419 e. The highest BCUT2D eigenvalue weighted by molar-refractivity contribution is 5.49. The van der Waals surface area contributed by atoms with E-state index in [-0.39, 0.29) is 24.9 Å². The molecule has 10 heteroatoms. The van der Waals surface area contributed by atoms with Gasteiger partial charge in [-0.15, -0.1) is 0 Å². The molecule has 0 aromatic carbocycles. The highest BCUT2D eigenvalue weighted by atomic mass is 19.4. The van der Waals surface area contributed by atoms with Crippen LogP contribution < -0.4 is 4.90 Å². The second kappa shape index (κ2) is 7.88. The van der Waals surface area contributed by atoms with Crippen molar-refractivity contribution in [3.8, 4) is 0 Å². The number of anilines is 1. The van der Waals surface area contributed by atoms with Crippen molar-refractivity contribution in [3.63, 3.8) is 0 Å². The van der Waals surface area contributed by atoms with E-state index in [1.807, 2.05) is 0 Å². The second-order valence-electron chi connectivity index (χ2n) is 7.23. The molecule has 0 aliphatic carbocycles. The maximum absolute atomic E-state index is 13.2. The maximum Gasteiger partial charge on any atom is 0.419 e. The summed E-state index contributed by atoms with van der Waals surface area (Å²) in [6.07, 6.45) is -6.30. The number of piperidine rings is 1. The molecule has 2 fully saturated rings. The normalized spacial score (nSPS) is 32.9. The van der Waals surface area contributed by atoms with Gasteiger partial charge in [0.1, 0.15) is 18.0 Å². The highest BCUT2D eigenvalue weighted by Crippen LogP contribution is 2.37. The molecule has 0 bridgehead atoms. The third-order valence-corrected chi connectivity index (χ3v) is 5.39. The van der Waals surface area contributed by atoms with E-state index < -0.39 is 36.1 Å². The van der Waals surface area contributed by atoms with Crippen LogP contribution in [0, 0.1) is 5.92 Å². The van der Waals surface area contributed by atoms with Gasteiger partial charge in [-0.2, -0.15) is 13.2 Å². The van der Waals surface area contributed by atoms with Crippen molar-refractivity contribution >= 4 is 5.82 Å². The highest BCUT2D eigenvalue weighted by Gasteiger charge is 2.43. The van der Waals surface area contributed by atoms with Gasteiger partial charge in [0.25, 0.3) is 0 Å². The van der Waals surface area contributed by atoms with E-state index in [1.54, 1.807) is 9.80 Å². The fraction of sp³-hybridized carbons (Fsp3) is 0.706. The van der Waals surface area contributed by atoms with Crippen LogP contribution in [0.4, 0.5) is 19.0 Å². The minimum Gasteiger partial charge on any atom is -0.395 e. The number of hydrogen-bond donors (Lipinski definition) is 4. The Kier molecular flexibility index (Phi) is 5.92. The van der Waals surface area contributed by atoms with E-state index in [4.69, 9.17) is 0 Å². The number of hydrogen-bond acceptors (Lipinski definition) is 7. The molecule has 0 amide bonds. The molecule has 7 nitrogen and oxygen atoms in total. The van der Waals surface area contributed by atoms with E-state index in [0.29, 0.717) is 26.1 Å². The summed E-state index contributed by atoms with van der Waals surface area (Å²) in [6, 6.07) is 1.54. The summed E-state index contributed by atoms with van der Waals surface area (Å²) in [6.45, 7) is 0.841. The average Bonchev–Trinajstić information content (AvgIpc) is 3.08. The molecule has 3 heterocycles. The Morgan fingerprint density at radius 2 is 1.89 bits per heavy atom. The van der Waals surface area contributed by atoms with Crippen LogP contribution in [-0.2, 0) is 6.18 Å². The Morgan fingerprint density at radius 1 is 1.15 bits per heavy atom. The van der Waals surface area contributed by atoms with Crippen LogP contribution in [-0.4, -0.2) is 87.4 Å². The number of rotatable bonds is 4. The number of halogens is 3. The summed E-state index contributed by atoms with van der Waals surface area (Å²) >= 11 is 0. The average molecular weight is 391 g/mol. The summed E-state index contributed by atoms with van der Waals surface area (Å²) in [4.78, 5) is 7.20. The molecule has 4 N–H and O–H groups in total. The zero-order valence-electron chi connectivity index (χ0n) is 14.6. The SMILES string of the molecule is OC[C@H]1[C@@H](O)[C@H](O)[C@@H](O)CN1C[C@@H]1CCN(c2ncccc2C(F)(F)F)C1. The monoisotopic (exact) mass is 391 g/mol. The van der Waals surface area contributed by atoms with Gasteiger partial charge in [-0.1, -0.05) is 0 Å². The summed E-state index contributed by atoms with van der Waals surface area (Å²) in [7, 11) is 0. The third kappa shape index (κ3) is 4.19. The Labute approximate surface area is 154 Å². The molecule has 2 aliphatic heterocycles. The number of pyridine rings is 1. The van der Waals surface area contributed by atoms with E-state index >= 15 is 0 Å². The van der Waals surface area contributed by atoms with Crippen molar-refractivity contribution in [3.05, 3.63) is 23.9 Å². The summed E-state index contributed by atoms with van der Waals surface area (Å²) in [5, 5.41) is 39.2. The van der Waals surface area contributed by atoms with Gasteiger partial charge in [0.2, 0.25) is 0 Å². The first kappa shape index (κ1) is 20.3. The van der Waals surface area contributed by atoms with Crippen molar-refractivity contribution in [2.24, 2.45) is 5.92 Å². The molecular formula is C17H24F3N3O4. The van der Waals surface area contributed by atoms with Crippen LogP contribution in [0.1, 0.15) is 12.0 Å². The molecular weight excluding hydrogens is 367 g/mol. The molecule has 152 valence electrons. The molecule has 3 rings (SSSR count). The van der Waals surface area contributed by atoms with Gasteiger partial charge >= 0.3 is 6.18 Å². The molecule has 2 saturated heterocycles. The van der Waals surface area contributed by atoms with Crippen LogP contribution >= 0.6 is 0 Å². The zero-order chi connectivity index (χ0) is 19.8. The first-order valence-corrected chi connectivity index (χ1v) is 8.88. The molecule has 27 heavy (non-hydrogen) atoms. The Hall–Kier alpha value is -1.46. The van der Waals surface area contributed by atoms with E-state index in [9.17, 15) is 33.6 Å². The van der Waals surface area contributed by atoms with Crippen LogP contribution in [0.2, 0.25) is 0 Å². The number of likely N-dealkylation sites (tertiary alicyclic amines) is 1. The van der Waals surface area contributed by atoms with Gasteiger partial charge in [0.15, 0.2) is 0 Å². The molecule has 5 atom stereocenters. The van der Waals surface area contributed by atoms with Crippen LogP contribution in [0.15, 0.2) is 18.3 Å². The number of aliphatic hydroxyl groups is 4. The smallest absolute Gasteiger partial charge is 0.395 e. The summed E-state index contributed by atoms with van der Waals surface area (Å²) < 4.78 is 39.6. The van der Waals surface area contributed by atoms with Crippen molar-refractivity contribution in [1.29, 1.82) is 0 Å². The first-order valence-electron chi connectivity index (χ1n) is 8.88. The van der Waals surface area contributed by atoms with E-state index in [1.165, 1.54) is 12.3 Å². The van der Waals surface area contributed by atoms with Crippen LogP contribution in [0.3, 0.4) is 0 Å². The molecule has 0 radical (unpaired) electrons. The predicted octanol–water partition coefficient (Wildman–Crippen LogP) is -0.314. The lowest BCUT2D eigenvalue weighted by Gasteiger charge is -2.44. The van der Waals surface area contributed by atoms with Gasteiger partial charge in [0.05, 0.1) is 24.3 Å². The minimum atomic E-state index is -4.49. The number of aromatic nitrogens is 1. The fourth-order valence-corrected chi connectivity index (χ4v) is 3.96. The molecule has 1 aromatic rings. The molecule has 0 spiro atoms. The van der Waals surface area contributed by atoms with E-state index in [0.717, 1.165) is 6.07 Å². The van der Waals surface area contributed by atoms with Gasteiger partial charge in [0, 0.05) is 32.4 Å². The Morgan fingerprint density at radius 3 is 2.56 bits per heavy atom. The van der Waals surface area contributed by atoms with Gasteiger partial charge in [-0.25, -0.2) is 4.98 Å².